The molecule has 4 nitrogen and oxygen atoms in total. The highest BCUT2D eigenvalue weighted by atomic mass is 16.3. The molecular weight excluding hydrogens is 214 g/mol. The third-order valence-corrected chi connectivity index (χ3v) is 3.43. The van der Waals surface area contributed by atoms with Crippen LogP contribution in [0.3, 0.4) is 0 Å². The number of hydrogen-bond donors (Lipinski definition) is 2. The van der Waals surface area contributed by atoms with Crippen LogP contribution in [0, 0.1) is 6.92 Å². The summed E-state index contributed by atoms with van der Waals surface area (Å²) < 4.78 is 0. The SMILES string of the molecule is Cc1cc(N)cnc1N1CCCCCC1CO. The van der Waals surface area contributed by atoms with E-state index in [9.17, 15) is 5.11 Å². The fourth-order valence-electron chi connectivity index (χ4n) is 2.54. The van der Waals surface area contributed by atoms with Gasteiger partial charge in [0.15, 0.2) is 0 Å². The predicted molar refractivity (Wildman–Crippen MR) is 70.1 cm³/mol. The Kier molecular flexibility index (Phi) is 3.84. The number of nitrogen functional groups attached to an aromatic ring is 1. The number of aliphatic hydroxyl groups is 1. The fourth-order valence-corrected chi connectivity index (χ4v) is 2.54. The zero-order valence-corrected chi connectivity index (χ0v) is 10.4. The largest absolute Gasteiger partial charge is 0.397 e. The molecule has 94 valence electrons. The molecule has 1 aromatic rings. The number of aromatic nitrogens is 1. The number of rotatable bonds is 2. The zero-order valence-electron chi connectivity index (χ0n) is 10.4. The van der Waals surface area contributed by atoms with E-state index >= 15 is 0 Å². The van der Waals surface area contributed by atoms with E-state index in [1.54, 1.807) is 6.20 Å². The maximum absolute atomic E-state index is 9.50. The number of hydrogen-bond acceptors (Lipinski definition) is 4. The first-order valence-corrected chi connectivity index (χ1v) is 6.32. The summed E-state index contributed by atoms with van der Waals surface area (Å²) in [6.45, 7) is 3.20. The molecule has 1 aromatic heterocycles. The first-order chi connectivity index (χ1) is 8.22. The van der Waals surface area contributed by atoms with E-state index in [0.29, 0.717) is 5.69 Å². The Balaban J connectivity index is 2.28. The average Bonchev–Trinajstić information content (AvgIpc) is 2.54. The zero-order chi connectivity index (χ0) is 12.3. The summed E-state index contributed by atoms with van der Waals surface area (Å²) in [6.07, 6.45) is 6.34. The van der Waals surface area contributed by atoms with Crippen LogP contribution in [0.25, 0.3) is 0 Å². The van der Waals surface area contributed by atoms with Gasteiger partial charge in [-0.05, 0) is 31.4 Å². The molecule has 0 aromatic carbocycles. The number of aliphatic hydroxyl groups excluding tert-OH is 1. The highest BCUT2D eigenvalue weighted by Gasteiger charge is 2.22. The second-order valence-corrected chi connectivity index (χ2v) is 4.79. The molecule has 1 saturated heterocycles. The normalized spacial score (nSPS) is 21.3. The molecule has 0 amide bonds. The summed E-state index contributed by atoms with van der Waals surface area (Å²) in [6, 6.07) is 2.15. The van der Waals surface area contributed by atoms with Gasteiger partial charge in [0.05, 0.1) is 24.5 Å². The van der Waals surface area contributed by atoms with Crippen LogP contribution in [0.1, 0.15) is 31.2 Å². The Labute approximate surface area is 102 Å². The summed E-state index contributed by atoms with van der Waals surface area (Å²) in [7, 11) is 0. The fraction of sp³-hybridized carbons (Fsp3) is 0.615. The van der Waals surface area contributed by atoms with Crippen molar-refractivity contribution in [1.82, 2.24) is 4.98 Å². The lowest BCUT2D eigenvalue weighted by atomic mass is 10.1. The van der Waals surface area contributed by atoms with Gasteiger partial charge >= 0.3 is 0 Å². The lowest BCUT2D eigenvalue weighted by molar-refractivity contribution is 0.254. The topological polar surface area (TPSA) is 62.4 Å². The van der Waals surface area contributed by atoms with E-state index in [0.717, 1.165) is 24.3 Å². The first kappa shape index (κ1) is 12.2. The van der Waals surface area contributed by atoms with Gasteiger partial charge in [-0.25, -0.2) is 4.98 Å². The van der Waals surface area contributed by atoms with Crippen molar-refractivity contribution in [3.63, 3.8) is 0 Å². The van der Waals surface area contributed by atoms with Crippen molar-refractivity contribution in [1.29, 1.82) is 0 Å². The number of aryl methyl sites for hydroxylation is 1. The van der Waals surface area contributed by atoms with Crippen molar-refractivity contribution < 1.29 is 5.11 Å². The molecule has 0 bridgehead atoms. The third-order valence-electron chi connectivity index (χ3n) is 3.43. The smallest absolute Gasteiger partial charge is 0.131 e. The standard InChI is InChI=1S/C13H21N3O/c1-10-7-11(14)8-15-13(10)16-6-4-2-3-5-12(16)9-17/h7-8,12,17H,2-6,9,14H2,1H3. The maximum atomic E-state index is 9.50. The summed E-state index contributed by atoms with van der Waals surface area (Å²) in [4.78, 5) is 6.67. The average molecular weight is 235 g/mol. The van der Waals surface area contributed by atoms with E-state index in [1.165, 1.54) is 19.3 Å². The highest BCUT2D eigenvalue weighted by molar-refractivity contribution is 5.53. The van der Waals surface area contributed by atoms with E-state index < -0.39 is 0 Å². The molecule has 1 unspecified atom stereocenters. The lowest BCUT2D eigenvalue weighted by Crippen LogP contribution is -2.38. The van der Waals surface area contributed by atoms with Crippen LogP contribution in [-0.2, 0) is 0 Å². The molecule has 0 radical (unpaired) electrons. The molecule has 1 aliphatic rings. The number of nitrogens with two attached hydrogens (primary N) is 1. The number of pyridine rings is 1. The molecule has 4 heteroatoms. The minimum absolute atomic E-state index is 0.200. The molecule has 2 rings (SSSR count). The van der Waals surface area contributed by atoms with Gasteiger partial charge in [-0.15, -0.1) is 0 Å². The number of anilines is 2. The van der Waals surface area contributed by atoms with Crippen LogP contribution in [-0.4, -0.2) is 29.3 Å². The van der Waals surface area contributed by atoms with Crippen molar-refractivity contribution in [2.75, 3.05) is 23.8 Å². The molecule has 0 saturated carbocycles. The van der Waals surface area contributed by atoms with Gasteiger partial charge < -0.3 is 15.7 Å². The van der Waals surface area contributed by atoms with Gasteiger partial charge in [0.25, 0.3) is 0 Å². The Morgan fingerprint density at radius 3 is 3.00 bits per heavy atom. The molecule has 1 fully saturated rings. The number of nitrogens with zero attached hydrogens (tertiary/aromatic N) is 2. The minimum atomic E-state index is 0.200. The van der Waals surface area contributed by atoms with Crippen LogP contribution in [0.4, 0.5) is 11.5 Å². The van der Waals surface area contributed by atoms with Gasteiger partial charge in [-0.3, -0.25) is 0 Å². The van der Waals surface area contributed by atoms with E-state index in [-0.39, 0.29) is 12.6 Å². The molecule has 0 aliphatic carbocycles. The summed E-state index contributed by atoms with van der Waals surface area (Å²) in [5.74, 6) is 0.972. The van der Waals surface area contributed by atoms with E-state index in [2.05, 4.69) is 9.88 Å². The quantitative estimate of drug-likeness (QED) is 0.819. The molecular formula is C13H21N3O. The van der Waals surface area contributed by atoms with E-state index in [4.69, 9.17) is 5.73 Å². The molecule has 2 heterocycles. The van der Waals surface area contributed by atoms with Gasteiger partial charge in [-0.1, -0.05) is 12.8 Å². The van der Waals surface area contributed by atoms with Crippen molar-refractivity contribution >= 4 is 11.5 Å². The molecule has 17 heavy (non-hydrogen) atoms. The van der Waals surface area contributed by atoms with Crippen LogP contribution < -0.4 is 10.6 Å². The van der Waals surface area contributed by atoms with Crippen molar-refractivity contribution in [2.45, 2.75) is 38.6 Å². The van der Waals surface area contributed by atoms with Crippen LogP contribution in [0.5, 0.6) is 0 Å². The van der Waals surface area contributed by atoms with Gasteiger partial charge in [0.1, 0.15) is 5.82 Å². The Morgan fingerprint density at radius 1 is 1.47 bits per heavy atom. The van der Waals surface area contributed by atoms with Crippen molar-refractivity contribution in [2.24, 2.45) is 0 Å². The highest BCUT2D eigenvalue weighted by Crippen LogP contribution is 2.25. The van der Waals surface area contributed by atoms with E-state index in [1.807, 2.05) is 13.0 Å². The van der Waals surface area contributed by atoms with Crippen molar-refractivity contribution in [3.8, 4) is 0 Å². The van der Waals surface area contributed by atoms with Gasteiger partial charge in [0.2, 0.25) is 0 Å². The third kappa shape index (κ3) is 2.69. The van der Waals surface area contributed by atoms with Crippen LogP contribution >= 0.6 is 0 Å². The van der Waals surface area contributed by atoms with Crippen molar-refractivity contribution in [3.05, 3.63) is 17.8 Å². The Hall–Kier alpha value is -1.29. The summed E-state index contributed by atoms with van der Waals surface area (Å²) in [5, 5.41) is 9.50. The Bertz CT molecular complexity index is 381. The minimum Gasteiger partial charge on any atom is -0.397 e. The monoisotopic (exact) mass is 235 g/mol. The second-order valence-electron chi connectivity index (χ2n) is 4.79. The Morgan fingerprint density at radius 2 is 2.29 bits per heavy atom. The summed E-state index contributed by atoms with van der Waals surface area (Å²) in [5.41, 5.74) is 7.51. The summed E-state index contributed by atoms with van der Waals surface area (Å²) >= 11 is 0. The molecule has 0 spiro atoms. The first-order valence-electron chi connectivity index (χ1n) is 6.32. The predicted octanol–water partition coefficient (Wildman–Crippen LogP) is 1.71. The van der Waals surface area contributed by atoms with Crippen LogP contribution in [0.15, 0.2) is 12.3 Å². The lowest BCUT2D eigenvalue weighted by Gasteiger charge is -2.30. The van der Waals surface area contributed by atoms with Gasteiger partial charge in [-0.2, -0.15) is 0 Å². The molecule has 3 N–H and O–H groups in total. The maximum Gasteiger partial charge on any atom is 0.131 e. The van der Waals surface area contributed by atoms with Gasteiger partial charge in [0, 0.05) is 6.54 Å². The van der Waals surface area contributed by atoms with Crippen LogP contribution in [0.2, 0.25) is 0 Å². The molecule has 1 aliphatic heterocycles. The molecule has 1 atom stereocenters. The second kappa shape index (κ2) is 5.36.